The summed E-state index contributed by atoms with van der Waals surface area (Å²) in [6.45, 7) is 10.2. The Kier molecular flexibility index (Phi) is 7.73. The van der Waals surface area contributed by atoms with Gasteiger partial charge in [0.15, 0.2) is 0 Å². The van der Waals surface area contributed by atoms with E-state index < -0.39 is 16.5 Å². The van der Waals surface area contributed by atoms with E-state index in [0.717, 1.165) is 0 Å². The number of halogens is 2. The van der Waals surface area contributed by atoms with Gasteiger partial charge in [-0.2, -0.15) is 5.10 Å². The molecule has 1 aromatic heterocycles. The molecule has 2 heterocycles. The third kappa shape index (κ3) is 5.71. The van der Waals surface area contributed by atoms with Crippen LogP contribution < -0.4 is 10.2 Å². The van der Waals surface area contributed by atoms with Crippen molar-refractivity contribution in [3.8, 4) is 5.69 Å². The highest BCUT2D eigenvalue weighted by Crippen LogP contribution is 2.48. The number of fused-ring (bicyclic) bond motifs is 1. The summed E-state index contributed by atoms with van der Waals surface area (Å²) >= 11 is 1.32. The van der Waals surface area contributed by atoms with Gasteiger partial charge in [0.05, 0.1) is 22.4 Å². The number of aromatic nitrogens is 2. The summed E-state index contributed by atoms with van der Waals surface area (Å²) in [5.41, 5.74) is 1.85. The number of hydrogen-bond donors (Lipinski definition) is 1. The first-order valence-corrected chi connectivity index (χ1v) is 13.3. The van der Waals surface area contributed by atoms with Crippen LogP contribution in [-0.4, -0.2) is 40.4 Å². The van der Waals surface area contributed by atoms with Gasteiger partial charge in [0.1, 0.15) is 24.0 Å². The lowest BCUT2D eigenvalue weighted by atomic mass is 9.87. The van der Waals surface area contributed by atoms with Crippen LogP contribution in [0.5, 0.6) is 0 Å². The minimum absolute atomic E-state index is 0.0537. The molecule has 0 bridgehead atoms. The van der Waals surface area contributed by atoms with Crippen molar-refractivity contribution in [1.29, 1.82) is 0 Å². The maximum absolute atomic E-state index is 15.1. The zero-order chi connectivity index (χ0) is 26.9. The summed E-state index contributed by atoms with van der Waals surface area (Å²) in [7, 11) is 0. The molecule has 1 N–H and O–H groups in total. The maximum Gasteiger partial charge on any atom is 0.240 e. The first-order chi connectivity index (χ1) is 17.5. The molecule has 9 heteroatoms. The van der Waals surface area contributed by atoms with Gasteiger partial charge < -0.3 is 5.32 Å². The van der Waals surface area contributed by atoms with Crippen molar-refractivity contribution in [1.82, 2.24) is 15.1 Å². The zero-order valence-corrected chi connectivity index (χ0v) is 22.5. The van der Waals surface area contributed by atoms with Crippen LogP contribution in [0.2, 0.25) is 0 Å². The highest BCUT2D eigenvalue weighted by Gasteiger charge is 2.40. The molecule has 0 saturated heterocycles. The lowest BCUT2D eigenvalue weighted by Gasteiger charge is -2.25. The van der Waals surface area contributed by atoms with Crippen molar-refractivity contribution >= 4 is 29.4 Å². The molecule has 1 atom stereocenters. The Hall–Kier alpha value is -3.20. The van der Waals surface area contributed by atoms with Crippen LogP contribution in [0.25, 0.3) is 5.69 Å². The number of hydrogen-bond acceptors (Lipinski definition) is 4. The van der Waals surface area contributed by atoms with E-state index >= 15 is 4.39 Å². The molecule has 0 unspecified atom stereocenters. The Balaban J connectivity index is 1.98. The van der Waals surface area contributed by atoms with Gasteiger partial charge in [-0.3, -0.25) is 14.5 Å². The summed E-state index contributed by atoms with van der Waals surface area (Å²) in [5.74, 6) is -0.662. The molecule has 37 heavy (non-hydrogen) atoms. The van der Waals surface area contributed by atoms with Gasteiger partial charge in [-0.1, -0.05) is 52.8 Å². The number of benzene rings is 2. The Morgan fingerprint density at radius 1 is 1.14 bits per heavy atom. The van der Waals surface area contributed by atoms with Gasteiger partial charge in [0, 0.05) is 23.1 Å². The average Bonchev–Trinajstić information content (AvgIpc) is 3.17. The smallest absolute Gasteiger partial charge is 0.240 e. The minimum Gasteiger partial charge on any atom is -0.354 e. The van der Waals surface area contributed by atoms with Crippen LogP contribution in [0, 0.1) is 17.6 Å². The van der Waals surface area contributed by atoms with E-state index in [1.807, 2.05) is 34.6 Å². The monoisotopic (exact) mass is 526 g/mol. The summed E-state index contributed by atoms with van der Waals surface area (Å²) in [6, 6.07) is 12.3. The van der Waals surface area contributed by atoms with Crippen LogP contribution in [-0.2, 0) is 15.0 Å². The van der Waals surface area contributed by atoms with Gasteiger partial charge in [-0.25, -0.2) is 13.5 Å². The fraction of sp³-hybridized carbons (Fsp3) is 0.393. The van der Waals surface area contributed by atoms with Gasteiger partial charge in [-0.05, 0) is 36.2 Å². The van der Waals surface area contributed by atoms with E-state index in [1.54, 1.807) is 35.0 Å². The molecular weight excluding hydrogens is 494 g/mol. The molecule has 196 valence electrons. The van der Waals surface area contributed by atoms with E-state index in [2.05, 4.69) is 5.32 Å². The van der Waals surface area contributed by atoms with E-state index in [-0.39, 0.29) is 35.8 Å². The fourth-order valence-corrected chi connectivity index (χ4v) is 5.51. The minimum atomic E-state index is -0.535. The molecule has 1 aliphatic heterocycles. The van der Waals surface area contributed by atoms with Crippen molar-refractivity contribution in [3.05, 3.63) is 77.0 Å². The number of anilines is 1. The predicted octanol–water partition coefficient (Wildman–Crippen LogP) is 5.39. The lowest BCUT2D eigenvalue weighted by molar-refractivity contribution is -0.123. The Labute approximate surface area is 220 Å². The average molecular weight is 527 g/mol. The van der Waals surface area contributed by atoms with E-state index in [4.69, 9.17) is 5.10 Å². The van der Waals surface area contributed by atoms with Crippen molar-refractivity contribution in [2.45, 2.75) is 45.3 Å². The largest absolute Gasteiger partial charge is 0.354 e. The number of carbonyl (C=O) groups excluding carboxylic acids is 2. The van der Waals surface area contributed by atoms with Crippen LogP contribution >= 0.6 is 11.8 Å². The van der Waals surface area contributed by atoms with Crippen molar-refractivity contribution in [2.75, 3.05) is 23.7 Å². The van der Waals surface area contributed by atoms with Gasteiger partial charge >= 0.3 is 0 Å². The highest BCUT2D eigenvalue weighted by atomic mass is 32.2. The molecule has 4 rings (SSSR count). The Morgan fingerprint density at radius 3 is 2.43 bits per heavy atom. The van der Waals surface area contributed by atoms with Gasteiger partial charge in [0.25, 0.3) is 0 Å². The molecule has 2 amide bonds. The van der Waals surface area contributed by atoms with Crippen LogP contribution in [0.3, 0.4) is 0 Å². The first-order valence-electron chi connectivity index (χ1n) is 12.3. The Morgan fingerprint density at radius 2 is 1.81 bits per heavy atom. The SMILES string of the molecule is CC(C)CNC(=O)CN1C(=O)CS[C@@H](c2ccccc2F)c2c(C(C)(C)C)nn(-c3ccc(F)cc3)c21. The summed E-state index contributed by atoms with van der Waals surface area (Å²) in [5, 5.41) is 7.25. The molecular formula is C28H32F2N4O2S. The molecule has 3 aromatic rings. The Bertz CT molecular complexity index is 1300. The van der Waals surface area contributed by atoms with E-state index in [1.165, 1.54) is 34.9 Å². The van der Waals surface area contributed by atoms with Crippen molar-refractivity contribution in [3.63, 3.8) is 0 Å². The van der Waals surface area contributed by atoms with Crippen LogP contribution in [0.1, 0.15) is 56.7 Å². The number of amides is 2. The number of nitrogens with zero attached hydrogens (tertiary/aromatic N) is 3. The summed E-state index contributed by atoms with van der Waals surface area (Å²) in [6.07, 6.45) is 0. The third-order valence-corrected chi connectivity index (χ3v) is 7.30. The standard InChI is InChI=1S/C28H32F2N4O2S/c1-17(2)14-31-22(35)15-33-23(36)16-37-25(20-8-6-7-9-21(20)30)24-26(28(3,4)5)32-34(27(24)33)19-12-10-18(29)11-13-19/h6-13,17,25H,14-16H2,1-5H3,(H,31,35)/t25-/m0/s1. The molecule has 0 spiro atoms. The first kappa shape index (κ1) is 26.9. The third-order valence-electron chi connectivity index (χ3n) is 6.07. The van der Waals surface area contributed by atoms with Crippen molar-refractivity contribution < 1.29 is 18.4 Å². The molecule has 0 aliphatic carbocycles. The van der Waals surface area contributed by atoms with Crippen LogP contribution in [0.15, 0.2) is 48.5 Å². The summed E-state index contributed by atoms with van der Waals surface area (Å²) in [4.78, 5) is 27.9. The molecule has 1 aliphatic rings. The second-order valence-corrected chi connectivity index (χ2v) is 11.7. The normalized spacial score (nSPS) is 16.1. The number of carbonyl (C=O) groups is 2. The number of thioether (sulfide) groups is 1. The zero-order valence-electron chi connectivity index (χ0n) is 21.7. The van der Waals surface area contributed by atoms with E-state index in [0.29, 0.717) is 34.9 Å². The maximum atomic E-state index is 15.1. The molecule has 6 nitrogen and oxygen atoms in total. The molecule has 0 saturated carbocycles. The van der Waals surface area contributed by atoms with Gasteiger partial charge in [0.2, 0.25) is 11.8 Å². The highest BCUT2D eigenvalue weighted by molar-refractivity contribution is 8.00. The van der Waals surface area contributed by atoms with E-state index in [9.17, 15) is 14.0 Å². The van der Waals surface area contributed by atoms with Crippen LogP contribution in [0.4, 0.5) is 14.6 Å². The summed E-state index contributed by atoms with van der Waals surface area (Å²) < 4.78 is 30.5. The van der Waals surface area contributed by atoms with Gasteiger partial charge in [-0.15, -0.1) is 11.8 Å². The predicted molar refractivity (Wildman–Crippen MR) is 143 cm³/mol. The fourth-order valence-electron chi connectivity index (χ4n) is 4.29. The molecule has 0 radical (unpaired) electrons. The van der Waals surface area contributed by atoms with Crippen molar-refractivity contribution in [2.24, 2.45) is 5.92 Å². The molecule has 0 fully saturated rings. The topological polar surface area (TPSA) is 67.2 Å². The quantitative estimate of drug-likeness (QED) is 0.468. The number of nitrogens with one attached hydrogen (secondary N) is 1. The second kappa shape index (κ2) is 10.7. The second-order valence-electron chi connectivity index (χ2n) is 10.6. The lowest BCUT2D eigenvalue weighted by Crippen LogP contribution is -2.43. The molecule has 2 aromatic carbocycles. The number of rotatable bonds is 6.